The lowest BCUT2D eigenvalue weighted by molar-refractivity contribution is -0.174. The average molecular weight is 883 g/mol. The Hall–Kier alpha value is -7.23. The Balaban J connectivity index is 1.14. The maximum Gasteiger partial charge on any atom is 0.143 e. The summed E-state index contributed by atoms with van der Waals surface area (Å²) in [4.78, 5) is 5.07. The van der Waals surface area contributed by atoms with Gasteiger partial charge in [0.05, 0.1) is 31.8 Å². The van der Waals surface area contributed by atoms with Crippen LogP contribution >= 0.6 is 0 Å². The summed E-state index contributed by atoms with van der Waals surface area (Å²) in [6.45, 7) is 0.0573. The predicted molar refractivity (Wildman–Crippen MR) is 263 cm³/mol. The Morgan fingerprint density at radius 2 is 0.776 bits per heavy atom. The molecule has 0 saturated carbocycles. The molecule has 4 atom stereocenters. The Kier molecular flexibility index (Phi) is 14.3. The minimum atomic E-state index is -1.44. The first-order chi connectivity index (χ1) is 33.1. The van der Waals surface area contributed by atoms with Crippen LogP contribution in [-0.2, 0) is 38.6 Å². The molecule has 334 valence electrons. The summed E-state index contributed by atoms with van der Waals surface area (Å²) in [6, 6.07) is 80.7. The first-order valence-electron chi connectivity index (χ1n) is 22.8. The van der Waals surface area contributed by atoms with Crippen molar-refractivity contribution in [2.45, 2.75) is 48.8 Å². The molecule has 0 saturated heterocycles. The van der Waals surface area contributed by atoms with Crippen LogP contribution in [0.2, 0.25) is 0 Å². The van der Waals surface area contributed by atoms with Gasteiger partial charge in [0.1, 0.15) is 35.6 Å². The number of aromatic nitrogens is 2. The van der Waals surface area contributed by atoms with Gasteiger partial charge in [-0.2, -0.15) is 0 Å². The highest BCUT2D eigenvalue weighted by atomic mass is 16.5. The van der Waals surface area contributed by atoms with Crippen molar-refractivity contribution in [3.63, 3.8) is 0 Å². The average Bonchev–Trinajstić information content (AvgIpc) is 3.89. The van der Waals surface area contributed by atoms with Crippen LogP contribution in [-0.4, -0.2) is 44.7 Å². The molecular weight excluding hydrogens is 829 g/mol. The van der Waals surface area contributed by atoms with Gasteiger partial charge < -0.3 is 29.0 Å². The molecule has 0 bridgehead atoms. The number of ether oxygens (including phenoxy) is 3. The monoisotopic (exact) mass is 882 g/mol. The van der Waals surface area contributed by atoms with E-state index in [-0.39, 0.29) is 19.8 Å². The van der Waals surface area contributed by atoms with Gasteiger partial charge in [0, 0.05) is 6.20 Å². The second-order valence-electron chi connectivity index (χ2n) is 16.6. The van der Waals surface area contributed by atoms with Crippen molar-refractivity contribution in [2.75, 3.05) is 6.61 Å². The molecule has 0 radical (unpaired) electrons. The van der Waals surface area contributed by atoms with Crippen molar-refractivity contribution in [3.8, 4) is 0 Å². The standard InChI is InChI=1S/C60H54N2O5/c63-55(44-67-60(51-35-19-6-20-36-51,52-37-21-7-22-38-52)53-39-23-8-24-40-53)58(66-43-47-27-11-2-12-28-47)56(64)57(65-42-46-25-9-1-10-26-46)54-41-62(45-61-54)59(48-29-13-3-14-30-48,49-31-15-4-16-32-49)50-33-17-5-18-34-50/h1-41,45,55-58,63-64H,42-44H2/t55-,56+,57-,58+/m0/s1. The van der Waals surface area contributed by atoms with Crippen molar-refractivity contribution in [1.82, 2.24) is 9.55 Å². The van der Waals surface area contributed by atoms with Crippen molar-refractivity contribution in [1.29, 1.82) is 0 Å². The Morgan fingerprint density at radius 3 is 1.16 bits per heavy atom. The Labute approximate surface area is 393 Å². The number of benzene rings is 8. The number of hydrogen-bond donors (Lipinski definition) is 2. The fraction of sp³-hybridized carbons (Fsp3) is 0.150. The second-order valence-corrected chi connectivity index (χ2v) is 16.6. The minimum Gasteiger partial charge on any atom is -0.388 e. The minimum absolute atomic E-state index is 0.111. The molecule has 1 aromatic heterocycles. The second kappa shape index (κ2) is 21.4. The molecule has 9 aromatic rings. The van der Waals surface area contributed by atoms with Gasteiger partial charge in [-0.1, -0.05) is 243 Å². The van der Waals surface area contributed by atoms with E-state index in [1.54, 1.807) is 6.33 Å². The van der Waals surface area contributed by atoms with E-state index < -0.39 is 35.6 Å². The molecule has 7 heteroatoms. The van der Waals surface area contributed by atoms with E-state index in [1.165, 1.54) is 0 Å². The summed E-state index contributed by atoms with van der Waals surface area (Å²) >= 11 is 0. The Morgan fingerprint density at radius 1 is 0.433 bits per heavy atom. The van der Waals surface area contributed by atoms with Crippen LogP contribution in [0.3, 0.4) is 0 Å². The van der Waals surface area contributed by atoms with Gasteiger partial charge in [-0.25, -0.2) is 4.98 Å². The van der Waals surface area contributed by atoms with Crippen molar-refractivity contribution >= 4 is 0 Å². The molecule has 0 amide bonds. The van der Waals surface area contributed by atoms with Gasteiger partial charge in [0.25, 0.3) is 0 Å². The molecule has 0 aliphatic heterocycles. The number of aliphatic hydroxyl groups excluding tert-OH is 2. The zero-order valence-corrected chi connectivity index (χ0v) is 37.2. The van der Waals surface area contributed by atoms with Crippen molar-refractivity contribution in [3.05, 3.63) is 305 Å². The van der Waals surface area contributed by atoms with Crippen LogP contribution in [0.5, 0.6) is 0 Å². The molecule has 0 aliphatic carbocycles. The Bertz CT molecular complexity index is 2640. The molecule has 0 fully saturated rings. The lowest BCUT2D eigenvalue weighted by Crippen LogP contribution is -2.47. The largest absolute Gasteiger partial charge is 0.388 e. The van der Waals surface area contributed by atoms with Crippen LogP contribution in [0, 0.1) is 0 Å². The number of aliphatic hydroxyl groups is 2. The molecule has 7 nitrogen and oxygen atoms in total. The van der Waals surface area contributed by atoms with Gasteiger partial charge in [0.15, 0.2) is 0 Å². The molecule has 8 aromatic carbocycles. The highest BCUT2D eigenvalue weighted by Gasteiger charge is 2.43. The quantitative estimate of drug-likeness (QED) is 0.0742. The zero-order chi connectivity index (χ0) is 45.7. The third kappa shape index (κ3) is 9.70. The van der Waals surface area contributed by atoms with Crippen LogP contribution in [0.15, 0.2) is 255 Å². The fourth-order valence-electron chi connectivity index (χ4n) is 9.22. The maximum atomic E-state index is 13.0. The number of rotatable bonds is 20. The summed E-state index contributed by atoms with van der Waals surface area (Å²) in [5, 5.41) is 25.6. The van der Waals surface area contributed by atoms with E-state index in [0.717, 1.165) is 44.5 Å². The summed E-state index contributed by atoms with van der Waals surface area (Å²) in [6.07, 6.45) is -1.31. The molecule has 0 unspecified atom stereocenters. The smallest absolute Gasteiger partial charge is 0.143 e. The lowest BCUT2D eigenvalue weighted by Gasteiger charge is -2.38. The fourth-order valence-corrected chi connectivity index (χ4v) is 9.22. The molecule has 0 spiro atoms. The number of nitrogens with zero attached hydrogens (tertiary/aromatic N) is 2. The third-order valence-corrected chi connectivity index (χ3v) is 12.5. The summed E-state index contributed by atoms with van der Waals surface area (Å²) in [5.41, 5.74) is 5.98. The molecular formula is C60H54N2O5. The van der Waals surface area contributed by atoms with E-state index in [2.05, 4.69) is 41.0 Å². The highest BCUT2D eigenvalue weighted by Crippen LogP contribution is 2.43. The normalized spacial score (nSPS) is 13.6. The zero-order valence-electron chi connectivity index (χ0n) is 37.2. The number of imidazole rings is 1. The SMILES string of the molecule is O[C@@H]([C@H](OCc1ccccc1)[C@@H](O)COC(c1ccccc1)(c1ccccc1)c1ccccc1)[C@@H](OCc1ccccc1)c1cn(C(c2ccccc2)(c2ccccc2)c2ccccc2)cn1. The van der Waals surface area contributed by atoms with E-state index >= 15 is 0 Å². The van der Waals surface area contributed by atoms with Gasteiger partial charge in [-0.05, 0) is 44.5 Å². The molecule has 0 aliphatic rings. The van der Waals surface area contributed by atoms with E-state index in [1.807, 2.05) is 212 Å². The van der Waals surface area contributed by atoms with Gasteiger partial charge >= 0.3 is 0 Å². The van der Waals surface area contributed by atoms with Crippen LogP contribution in [0.25, 0.3) is 0 Å². The highest BCUT2D eigenvalue weighted by molar-refractivity contribution is 5.51. The third-order valence-electron chi connectivity index (χ3n) is 12.5. The first-order valence-corrected chi connectivity index (χ1v) is 22.8. The van der Waals surface area contributed by atoms with E-state index in [0.29, 0.717) is 5.69 Å². The molecule has 9 rings (SSSR count). The summed E-state index contributed by atoms with van der Waals surface area (Å²) in [7, 11) is 0. The van der Waals surface area contributed by atoms with E-state index in [9.17, 15) is 10.2 Å². The van der Waals surface area contributed by atoms with Gasteiger partial charge in [-0.3, -0.25) is 0 Å². The van der Waals surface area contributed by atoms with Crippen LogP contribution in [0.4, 0.5) is 0 Å². The number of hydrogen-bond acceptors (Lipinski definition) is 6. The molecule has 1 heterocycles. The summed E-state index contributed by atoms with van der Waals surface area (Å²) < 4.78 is 22.7. The molecule has 67 heavy (non-hydrogen) atoms. The van der Waals surface area contributed by atoms with Crippen molar-refractivity contribution < 1.29 is 24.4 Å². The lowest BCUT2D eigenvalue weighted by atomic mass is 9.77. The maximum absolute atomic E-state index is 13.0. The first kappa shape index (κ1) is 44.9. The topological polar surface area (TPSA) is 86.0 Å². The van der Waals surface area contributed by atoms with Gasteiger partial charge in [0.2, 0.25) is 0 Å². The van der Waals surface area contributed by atoms with Gasteiger partial charge in [-0.15, -0.1) is 0 Å². The van der Waals surface area contributed by atoms with Crippen LogP contribution in [0.1, 0.15) is 56.3 Å². The van der Waals surface area contributed by atoms with Crippen LogP contribution < -0.4 is 0 Å². The summed E-state index contributed by atoms with van der Waals surface area (Å²) in [5.74, 6) is 0. The van der Waals surface area contributed by atoms with E-state index in [4.69, 9.17) is 19.2 Å². The van der Waals surface area contributed by atoms with Crippen molar-refractivity contribution in [2.24, 2.45) is 0 Å². The molecule has 2 N–H and O–H groups in total. The predicted octanol–water partition coefficient (Wildman–Crippen LogP) is 11.3.